The molecule has 1 aromatic carbocycles. The largest absolute Gasteiger partial charge is 0.330 e. The van der Waals surface area contributed by atoms with Gasteiger partial charge in [-0.2, -0.15) is 0 Å². The summed E-state index contributed by atoms with van der Waals surface area (Å²) in [5, 5.41) is 0. The summed E-state index contributed by atoms with van der Waals surface area (Å²) >= 11 is 0. The molecule has 72 valence electrons. The highest BCUT2D eigenvalue weighted by molar-refractivity contribution is 5.30. The standard InChI is InChI=1S/C11H18N2/c1-2-9-5-3-4-6-11(9)10(7-12)8-13/h3-6,10H,2,7-8,12-13H2,1H3. The summed E-state index contributed by atoms with van der Waals surface area (Å²) in [5.41, 5.74) is 14.0. The summed E-state index contributed by atoms with van der Waals surface area (Å²) in [4.78, 5) is 0. The Morgan fingerprint density at radius 2 is 1.77 bits per heavy atom. The molecule has 0 heterocycles. The minimum atomic E-state index is 0.316. The van der Waals surface area contributed by atoms with E-state index < -0.39 is 0 Å². The van der Waals surface area contributed by atoms with E-state index in [4.69, 9.17) is 11.5 Å². The summed E-state index contributed by atoms with van der Waals surface area (Å²) in [5.74, 6) is 0.316. The quantitative estimate of drug-likeness (QED) is 0.729. The second-order valence-electron chi connectivity index (χ2n) is 3.22. The SMILES string of the molecule is CCc1ccccc1C(CN)CN. The van der Waals surface area contributed by atoms with Crippen LogP contribution < -0.4 is 11.5 Å². The lowest BCUT2D eigenvalue weighted by Gasteiger charge is -2.16. The molecule has 0 radical (unpaired) electrons. The molecule has 0 saturated heterocycles. The van der Waals surface area contributed by atoms with Crippen molar-refractivity contribution in [3.8, 4) is 0 Å². The molecule has 0 aliphatic heterocycles. The average molecular weight is 178 g/mol. The zero-order valence-electron chi connectivity index (χ0n) is 8.16. The van der Waals surface area contributed by atoms with E-state index in [-0.39, 0.29) is 0 Å². The Morgan fingerprint density at radius 1 is 1.15 bits per heavy atom. The normalized spacial score (nSPS) is 10.8. The predicted molar refractivity (Wildman–Crippen MR) is 56.7 cm³/mol. The first kappa shape index (κ1) is 10.2. The van der Waals surface area contributed by atoms with Gasteiger partial charge in [-0.1, -0.05) is 31.2 Å². The number of hydrogen-bond acceptors (Lipinski definition) is 2. The highest BCUT2D eigenvalue weighted by atomic mass is 14.6. The van der Waals surface area contributed by atoms with E-state index in [0.717, 1.165) is 6.42 Å². The summed E-state index contributed by atoms with van der Waals surface area (Å²) < 4.78 is 0. The Bertz CT molecular complexity index is 254. The monoisotopic (exact) mass is 178 g/mol. The molecule has 2 heteroatoms. The first-order chi connectivity index (χ1) is 6.33. The van der Waals surface area contributed by atoms with Crippen LogP contribution in [0.5, 0.6) is 0 Å². The first-order valence-corrected chi connectivity index (χ1v) is 4.81. The zero-order chi connectivity index (χ0) is 9.68. The molecule has 2 nitrogen and oxygen atoms in total. The van der Waals surface area contributed by atoms with E-state index in [1.807, 2.05) is 6.07 Å². The van der Waals surface area contributed by atoms with E-state index in [2.05, 4.69) is 25.1 Å². The molecule has 0 saturated carbocycles. The van der Waals surface area contributed by atoms with Crippen LogP contribution in [-0.4, -0.2) is 13.1 Å². The van der Waals surface area contributed by atoms with Crippen molar-refractivity contribution in [3.63, 3.8) is 0 Å². The maximum atomic E-state index is 5.66. The molecule has 0 spiro atoms. The van der Waals surface area contributed by atoms with Gasteiger partial charge in [0.25, 0.3) is 0 Å². The van der Waals surface area contributed by atoms with Crippen LogP contribution >= 0.6 is 0 Å². The molecule has 0 atom stereocenters. The van der Waals surface area contributed by atoms with Crippen molar-refractivity contribution in [2.24, 2.45) is 11.5 Å². The fraction of sp³-hybridized carbons (Fsp3) is 0.455. The van der Waals surface area contributed by atoms with Gasteiger partial charge < -0.3 is 11.5 Å². The van der Waals surface area contributed by atoms with Crippen LogP contribution in [0.2, 0.25) is 0 Å². The van der Waals surface area contributed by atoms with Crippen molar-refractivity contribution >= 4 is 0 Å². The average Bonchev–Trinajstić information content (AvgIpc) is 2.20. The summed E-state index contributed by atoms with van der Waals surface area (Å²) in [6.45, 7) is 3.42. The van der Waals surface area contributed by atoms with Crippen LogP contribution in [-0.2, 0) is 6.42 Å². The van der Waals surface area contributed by atoms with Gasteiger partial charge in [-0.05, 0) is 17.5 Å². The van der Waals surface area contributed by atoms with Crippen molar-refractivity contribution < 1.29 is 0 Å². The maximum absolute atomic E-state index is 5.66. The van der Waals surface area contributed by atoms with Gasteiger partial charge in [-0.3, -0.25) is 0 Å². The molecular weight excluding hydrogens is 160 g/mol. The number of benzene rings is 1. The molecule has 1 aromatic rings. The lowest BCUT2D eigenvalue weighted by atomic mass is 9.93. The van der Waals surface area contributed by atoms with Gasteiger partial charge in [-0.25, -0.2) is 0 Å². The molecule has 0 aromatic heterocycles. The molecule has 13 heavy (non-hydrogen) atoms. The van der Waals surface area contributed by atoms with Crippen molar-refractivity contribution in [1.82, 2.24) is 0 Å². The summed E-state index contributed by atoms with van der Waals surface area (Å²) in [7, 11) is 0. The minimum Gasteiger partial charge on any atom is -0.330 e. The highest BCUT2D eigenvalue weighted by Crippen LogP contribution is 2.18. The van der Waals surface area contributed by atoms with E-state index >= 15 is 0 Å². The molecule has 4 N–H and O–H groups in total. The highest BCUT2D eigenvalue weighted by Gasteiger charge is 2.09. The molecule has 0 bridgehead atoms. The number of aryl methyl sites for hydroxylation is 1. The Labute approximate surface area is 79.9 Å². The molecule has 0 aliphatic carbocycles. The van der Waals surface area contributed by atoms with Crippen LogP contribution in [0.3, 0.4) is 0 Å². The Kier molecular flexibility index (Phi) is 3.93. The van der Waals surface area contributed by atoms with Gasteiger partial charge in [0.2, 0.25) is 0 Å². The third kappa shape index (κ3) is 2.29. The van der Waals surface area contributed by atoms with Crippen molar-refractivity contribution in [2.45, 2.75) is 19.3 Å². The van der Waals surface area contributed by atoms with Gasteiger partial charge in [0, 0.05) is 19.0 Å². The fourth-order valence-corrected chi connectivity index (χ4v) is 1.60. The van der Waals surface area contributed by atoms with Crippen LogP contribution in [0.25, 0.3) is 0 Å². The predicted octanol–water partition coefficient (Wildman–Crippen LogP) is 1.25. The third-order valence-corrected chi connectivity index (χ3v) is 2.44. The van der Waals surface area contributed by atoms with Crippen LogP contribution in [0.1, 0.15) is 24.0 Å². The number of nitrogens with two attached hydrogens (primary N) is 2. The second-order valence-corrected chi connectivity index (χ2v) is 3.22. The molecule has 0 fully saturated rings. The van der Waals surface area contributed by atoms with E-state index in [1.165, 1.54) is 11.1 Å². The van der Waals surface area contributed by atoms with Crippen molar-refractivity contribution in [1.29, 1.82) is 0 Å². The maximum Gasteiger partial charge on any atom is 0.00868 e. The van der Waals surface area contributed by atoms with Gasteiger partial charge in [0.1, 0.15) is 0 Å². The molecule has 1 rings (SSSR count). The van der Waals surface area contributed by atoms with E-state index in [0.29, 0.717) is 19.0 Å². The van der Waals surface area contributed by atoms with Crippen molar-refractivity contribution in [3.05, 3.63) is 35.4 Å². The smallest absolute Gasteiger partial charge is 0.00868 e. The third-order valence-electron chi connectivity index (χ3n) is 2.44. The minimum absolute atomic E-state index is 0.316. The van der Waals surface area contributed by atoms with Crippen molar-refractivity contribution in [2.75, 3.05) is 13.1 Å². The Morgan fingerprint density at radius 3 is 2.31 bits per heavy atom. The Balaban J connectivity index is 2.96. The lowest BCUT2D eigenvalue weighted by Crippen LogP contribution is -2.22. The van der Waals surface area contributed by atoms with Gasteiger partial charge in [0.15, 0.2) is 0 Å². The molecular formula is C11H18N2. The molecule has 0 aliphatic rings. The first-order valence-electron chi connectivity index (χ1n) is 4.81. The zero-order valence-corrected chi connectivity index (χ0v) is 8.16. The fourth-order valence-electron chi connectivity index (χ4n) is 1.60. The van der Waals surface area contributed by atoms with E-state index in [9.17, 15) is 0 Å². The van der Waals surface area contributed by atoms with Crippen LogP contribution in [0.4, 0.5) is 0 Å². The summed E-state index contributed by atoms with van der Waals surface area (Å²) in [6.07, 6.45) is 1.05. The lowest BCUT2D eigenvalue weighted by molar-refractivity contribution is 0.700. The Hall–Kier alpha value is -0.860. The van der Waals surface area contributed by atoms with Crippen LogP contribution in [0, 0.1) is 0 Å². The number of hydrogen-bond donors (Lipinski definition) is 2. The molecule has 0 unspecified atom stereocenters. The molecule has 0 amide bonds. The topological polar surface area (TPSA) is 52.0 Å². The van der Waals surface area contributed by atoms with E-state index in [1.54, 1.807) is 0 Å². The van der Waals surface area contributed by atoms with Gasteiger partial charge in [0.05, 0.1) is 0 Å². The second kappa shape index (κ2) is 5.00. The van der Waals surface area contributed by atoms with Gasteiger partial charge >= 0.3 is 0 Å². The van der Waals surface area contributed by atoms with Gasteiger partial charge in [-0.15, -0.1) is 0 Å². The summed E-state index contributed by atoms with van der Waals surface area (Å²) in [6, 6.07) is 8.39. The van der Waals surface area contributed by atoms with Crippen LogP contribution in [0.15, 0.2) is 24.3 Å². The number of rotatable bonds is 4.